The molecule has 9 nitrogen and oxygen atoms in total. The van der Waals surface area contributed by atoms with Crippen LogP contribution in [0.25, 0.3) is 5.69 Å². The van der Waals surface area contributed by atoms with E-state index in [4.69, 9.17) is 28.0 Å². The van der Waals surface area contributed by atoms with E-state index in [1.54, 1.807) is 37.7 Å². The summed E-state index contributed by atoms with van der Waals surface area (Å²) in [6.45, 7) is 0. The van der Waals surface area contributed by atoms with Gasteiger partial charge in [-0.25, -0.2) is 10.8 Å². The maximum absolute atomic E-state index is 12.9. The minimum absolute atomic E-state index is 0.159. The van der Waals surface area contributed by atoms with E-state index in [-0.39, 0.29) is 11.4 Å². The lowest BCUT2D eigenvalue weighted by Crippen LogP contribution is -2.31. The number of ether oxygens (including phenoxy) is 1. The van der Waals surface area contributed by atoms with E-state index in [1.807, 2.05) is 24.3 Å². The number of aromatic nitrogens is 2. The average Bonchev–Trinajstić information content (AvgIpc) is 2.77. The molecule has 0 saturated heterocycles. The molecule has 0 aliphatic carbocycles. The summed E-state index contributed by atoms with van der Waals surface area (Å²) in [5.41, 5.74) is 4.47. The average molecular weight is 428 g/mol. The predicted molar refractivity (Wildman–Crippen MR) is 118 cm³/mol. The lowest BCUT2D eigenvalue weighted by atomic mass is 10.1. The molecule has 0 unspecified atom stereocenters. The van der Waals surface area contributed by atoms with E-state index in [0.717, 1.165) is 5.56 Å². The fourth-order valence-electron chi connectivity index (χ4n) is 2.81. The number of halogens is 1. The van der Waals surface area contributed by atoms with Gasteiger partial charge in [0.2, 0.25) is 0 Å². The van der Waals surface area contributed by atoms with Crippen molar-refractivity contribution in [2.24, 2.45) is 16.8 Å². The molecule has 156 valence electrons. The van der Waals surface area contributed by atoms with Crippen LogP contribution < -0.4 is 32.7 Å². The molecule has 2 aromatic carbocycles. The van der Waals surface area contributed by atoms with Gasteiger partial charge < -0.3 is 21.3 Å². The number of aryl methyl sites for hydroxylation is 1. The predicted octanol–water partition coefficient (Wildman–Crippen LogP) is 2.31. The molecule has 0 spiro atoms. The maximum Gasteiger partial charge on any atom is 0.298 e. The Morgan fingerprint density at radius 1 is 1.27 bits per heavy atom. The third-order valence-corrected chi connectivity index (χ3v) is 4.77. The van der Waals surface area contributed by atoms with Gasteiger partial charge in [-0.1, -0.05) is 23.7 Å². The standard InChI is InChI=1S/C20H22ClN7O2/c1-30-15-7-8-17(16(21)12-15)25-19-20(29)28(11-10-24-19)14-5-2-13(3-6-14)4-9-18(26-22)27-23/h2-3,5-8,10-12H,4,9,22-23H2,1H3,(H,24,25)(H,26,27). The first-order chi connectivity index (χ1) is 14.5. The minimum Gasteiger partial charge on any atom is -0.497 e. The van der Waals surface area contributed by atoms with Crippen LogP contribution in [-0.2, 0) is 6.42 Å². The largest absolute Gasteiger partial charge is 0.497 e. The highest BCUT2D eigenvalue weighted by molar-refractivity contribution is 6.33. The van der Waals surface area contributed by atoms with Crippen molar-refractivity contribution in [3.8, 4) is 11.4 Å². The number of benzene rings is 2. The Labute approximate surface area is 178 Å². The van der Waals surface area contributed by atoms with E-state index in [0.29, 0.717) is 40.8 Å². The number of rotatable bonds is 7. The van der Waals surface area contributed by atoms with Crippen molar-refractivity contribution < 1.29 is 4.74 Å². The number of anilines is 2. The van der Waals surface area contributed by atoms with Crippen LogP contribution in [0.2, 0.25) is 5.02 Å². The van der Waals surface area contributed by atoms with Gasteiger partial charge in [-0.05, 0) is 36.2 Å². The number of amidine groups is 1. The van der Waals surface area contributed by atoms with Crippen molar-refractivity contribution in [1.82, 2.24) is 15.0 Å². The zero-order chi connectivity index (χ0) is 21.5. The molecular weight excluding hydrogens is 406 g/mol. The Morgan fingerprint density at radius 3 is 2.67 bits per heavy atom. The van der Waals surface area contributed by atoms with E-state index < -0.39 is 0 Å². The normalized spacial score (nSPS) is 11.2. The highest BCUT2D eigenvalue weighted by atomic mass is 35.5. The third-order valence-electron chi connectivity index (χ3n) is 4.46. The van der Waals surface area contributed by atoms with Gasteiger partial charge in [0.25, 0.3) is 5.56 Å². The topological polar surface area (TPSA) is 133 Å². The fourth-order valence-corrected chi connectivity index (χ4v) is 3.03. The van der Waals surface area contributed by atoms with Crippen molar-refractivity contribution in [1.29, 1.82) is 0 Å². The summed E-state index contributed by atoms with van der Waals surface area (Å²) >= 11 is 6.25. The molecule has 10 heteroatoms. The summed E-state index contributed by atoms with van der Waals surface area (Å²) in [7, 11) is 1.56. The van der Waals surface area contributed by atoms with Gasteiger partial charge in [-0.3, -0.25) is 9.36 Å². The molecule has 0 aliphatic rings. The molecule has 30 heavy (non-hydrogen) atoms. The second-order valence-electron chi connectivity index (χ2n) is 6.31. The zero-order valence-corrected chi connectivity index (χ0v) is 17.1. The highest BCUT2D eigenvalue weighted by Crippen LogP contribution is 2.28. The lowest BCUT2D eigenvalue weighted by molar-refractivity contribution is 0.415. The summed E-state index contributed by atoms with van der Waals surface area (Å²) in [5.74, 6) is 11.9. The fraction of sp³-hybridized carbons (Fsp3) is 0.150. The van der Waals surface area contributed by atoms with Gasteiger partial charge in [0.05, 0.1) is 17.8 Å². The summed E-state index contributed by atoms with van der Waals surface area (Å²) in [5, 5.41) is 6.97. The maximum atomic E-state index is 12.9. The SMILES string of the molecule is COc1ccc(Nc2nccn(-c3ccc(CC/C(=N/N)NN)cc3)c2=O)c(Cl)c1. The first-order valence-corrected chi connectivity index (χ1v) is 9.44. The number of hydrogen-bond acceptors (Lipinski definition) is 7. The van der Waals surface area contributed by atoms with Crippen molar-refractivity contribution in [3.63, 3.8) is 0 Å². The monoisotopic (exact) mass is 427 g/mol. The Morgan fingerprint density at radius 2 is 2.03 bits per heavy atom. The summed E-state index contributed by atoms with van der Waals surface area (Å²) in [6, 6.07) is 12.7. The van der Waals surface area contributed by atoms with E-state index >= 15 is 0 Å². The number of nitrogens with zero attached hydrogens (tertiary/aromatic N) is 3. The van der Waals surface area contributed by atoms with E-state index in [1.165, 1.54) is 4.57 Å². The van der Waals surface area contributed by atoms with Gasteiger partial charge >= 0.3 is 0 Å². The van der Waals surface area contributed by atoms with Crippen LogP contribution in [0.1, 0.15) is 12.0 Å². The second kappa shape index (κ2) is 9.77. The molecule has 0 aliphatic heterocycles. The van der Waals surface area contributed by atoms with Gasteiger partial charge in [0.15, 0.2) is 5.82 Å². The van der Waals surface area contributed by atoms with E-state index in [2.05, 4.69) is 20.8 Å². The number of nitrogens with one attached hydrogen (secondary N) is 2. The molecule has 1 heterocycles. The number of hydrazine groups is 1. The van der Waals surface area contributed by atoms with Crippen LogP contribution in [0.3, 0.4) is 0 Å². The number of methoxy groups -OCH3 is 1. The first-order valence-electron chi connectivity index (χ1n) is 9.06. The van der Waals surface area contributed by atoms with Crippen LogP contribution in [-0.4, -0.2) is 22.5 Å². The Balaban J connectivity index is 1.80. The van der Waals surface area contributed by atoms with Crippen molar-refractivity contribution in [3.05, 3.63) is 75.8 Å². The minimum atomic E-state index is -0.304. The Bertz CT molecular complexity index is 1100. The highest BCUT2D eigenvalue weighted by Gasteiger charge is 2.10. The molecule has 0 bridgehead atoms. The molecule has 3 rings (SSSR count). The van der Waals surface area contributed by atoms with Gasteiger partial charge in [0, 0.05) is 30.6 Å². The van der Waals surface area contributed by atoms with Crippen molar-refractivity contribution in [2.75, 3.05) is 12.4 Å². The molecule has 3 aromatic rings. The molecular formula is C20H22ClN7O2. The van der Waals surface area contributed by atoms with Crippen molar-refractivity contribution in [2.45, 2.75) is 12.8 Å². The molecule has 0 saturated carbocycles. The van der Waals surface area contributed by atoms with Crippen LogP contribution in [0.4, 0.5) is 11.5 Å². The van der Waals surface area contributed by atoms with Crippen LogP contribution >= 0.6 is 11.6 Å². The molecule has 0 radical (unpaired) electrons. The quantitative estimate of drug-likeness (QED) is 0.197. The zero-order valence-electron chi connectivity index (χ0n) is 16.3. The molecule has 1 aromatic heterocycles. The summed E-state index contributed by atoms with van der Waals surface area (Å²) in [4.78, 5) is 17.1. The smallest absolute Gasteiger partial charge is 0.298 e. The molecule has 0 fully saturated rings. The number of hydrogen-bond donors (Lipinski definition) is 4. The second-order valence-corrected chi connectivity index (χ2v) is 6.72. The third kappa shape index (κ3) is 4.88. The Kier molecular flexibility index (Phi) is 6.89. The van der Waals surface area contributed by atoms with Crippen LogP contribution in [0.15, 0.2) is 64.8 Å². The number of nitrogens with two attached hydrogens (primary N) is 2. The van der Waals surface area contributed by atoms with Gasteiger partial charge in [-0.2, -0.15) is 5.10 Å². The van der Waals surface area contributed by atoms with Gasteiger partial charge in [0.1, 0.15) is 11.6 Å². The lowest BCUT2D eigenvalue weighted by Gasteiger charge is -2.11. The Hall–Kier alpha value is -3.56. The first kappa shape index (κ1) is 21.2. The van der Waals surface area contributed by atoms with Gasteiger partial charge in [-0.15, -0.1) is 0 Å². The van der Waals surface area contributed by atoms with Crippen LogP contribution in [0, 0.1) is 0 Å². The summed E-state index contributed by atoms with van der Waals surface area (Å²) < 4.78 is 6.64. The number of hydrazone groups is 1. The molecule has 6 N–H and O–H groups in total. The molecule has 0 atom stereocenters. The van der Waals surface area contributed by atoms with Crippen molar-refractivity contribution >= 4 is 28.9 Å². The molecule has 0 amide bonds. The summed E-state index contributed by atoms with van der Waals surface area (Å²) in [6.07, 6.45) is 4.44. The van der Waals surface area contributed by atoms with E-state index in [9.17, 15) is 4.79 Å². The van der Waals surface area contributed by atoms with Crippen LogP contribution in [0.5, 0.6) is 5.75 Å².